The Morgan fingerprint density at radius 1 is 1.43 bits per heavy atom. The number of aryl methyl sites for hydroxylation is 1. The molecule has 2 rings (SSSR count). The monoisotopic (exact) mass is 207 g/mol. The summed E-state index contributed by atoms with van der Waals surface area (Å²) >= 11 is 1.90. The van der Waals surface area contributed by atoms with Crippen LogP contribution < -0.4 is 5.73 Å². The molecule has 1 aromatic heterocycles. The SMILES string of the molecule is C=C(CCN)c1csc2c1CCCC2. The predicted octanol–water partition coefficient (Wildman–Crippen LogP) is 2.99. The summed E-state index contributed by atoms with van der Waals surface area (Å²) in [5.74, 6) is 0. The lowest BCUT2D eigenvalue weighted by molar-refractivity contribution is 0.695. The first-order valence-corrected chi connectivity index (χ1v) is 6.18. The molecule has 1 aliphatic rings. The van der Waals surface area contributed by atoms with E-state index in [1.807, 2.05) is 11.3 Å². The highest BCUT2D eigenvalue weighted by molar-refractivity contribution is 7.10. The summed E-state index contributed by atoms with van der Waals surface area (Å²) in [5, 5.41) is 2.27. The molecule has 0 atom stereocenters. The maximum atomic E-state index is 5.55. The number of fused-ring (bicyclic) bond motifs is 1. The summed E-state index contributed by atoms with van der Waals surface area (Å²) in [6.45, 7) is 4.83. The molecule has 0 unspecified atom stereocenters. The molecule has 0 radical (unpaired) electrons. The quantitative estimate of drug-likeness (QED) is 0.810. The smallest absolute Gasteiger partial charge is 0.00835 e. The van der Waals surface area contributed by atoms with Gasteiger partial charge in [-0.2, -0.15) is 0 Å². The highest BCUT2D eigenvalue weighted by atomic mass is 32.1. The predicted molar refractivity (Wildman–Crippen MR) is 63.7 cm³/mol. The van der Waals surface area contributed by atoms with Gasteiger partial charge in [-0.15, -0.1) is 11.3 Å². The fraction of sp³-hybridized carbons (Fsp3) is 0.500. The van der Waals surface area contributed by atoms with Crippen molar-refractivity contribution in [1.82, 2.24) is 0 Å². The van der Waals surface area contributed by atoms with Gasteiger partial charge in [-0.1, -0.05) is 6.58 Å². The van der Waals surface area contributed by atoms with Gasteiger partial charge in [-0.25, -0.2) is 0 Å². The van der Waals surface area contributed by atoms with E-state index in [4.69, 9.17) is 5.73 Å². The maximum Gasteiger partial charge on any atom is 0.00835 e. The van der Waals surface area contributed by atoms with Crippen LogP contribution in [0.15, 0.2) is 12.0 Å². The third kappa shape index (κ3) is 1.77. The molecule has 1 aromatic rings. The Morgan fingerprint density at radius 2 is 2.21 bits per heavy atom. The van der Waals surface area contributed by atoms with Crippen molar-refractivity contribution in [3.05, 3.63) is 28.0 Å². The molecule has 2 heteroatoms. The van der Waals surface area contributed by atoms with Crippen molar-refractivity contribution in [3.63, 3.8) is 0 Å². The molecule has 0 fully saturated rings. The lowest BCUT2D eigenvalue weighted by atomic mass is 9.92. The Labute approximate surface area is 89.6 Å². The largest absolute Gasteiger partial charge is 0.330 e. The first kappa shape index (κ1) is 9.94. The van der Waals surface area contributed by atoms with Gasteiger partial charge in [0.25, 0.3) is 0 Å². The third-order valence-corrected chi connectivity index (χ3v) is 3.98. The number of nitrogens with two attached hydrogens (primary N) is 1. The van der Waals surface area contributed by atoms with Crippen LogP contribution in [0.4, 0.5) is 0 Å². The van der Waals surface area contributed by atoms with Crippen molar-refractivity contribution >= 4 is 16.9 Å². The van der Waals surface area contributed by atoms with E-state index >= 15 is 0 Å². The second-order valence-corrected chi connectivity index (χ2v) is 4.86. The standard InChI is InChI=1S/C12H17NS/c1-9(6-7-13)11-8-14-12-5-3-2-4-10(11)12/h8H,1-7,13H2. The van der Waals surface area contributed by atoms with Gasteiger partial charge in [0.05, 0.1) is 0 Å². The molecule has 2 N–H and O–H groups in total. The van der Waals surface area contributed by atoms with Crippen molar-refractivity contribution in [1.29, 1.82) is 0 Å². The lowest BCUT2D eigenvalue weighted by Crippen LogP contribution is -2.03. The highest BCUT2D eigenvalue weighted by Gasteiger charge is 2.16. The van der Waals surface area contributed by atoms with Gasteiger partial charge in [0.1, 0.15) is 0 Å². The van der Waals surface area contributed by atoms with Gasteiger partial charge in [0.2, 0.25) is 0 Å². The Hall–Kier alpha value is -0.600. The zero-order chi connectivity index (χ0) is 9.97. The van der Waals surface area contributed by atoms with E-state index in [0.29, 0.717) is 6.54 Å². The zero-order valence-corrected chi connectivity index (χ0v) is 9.33. The summed E-state index contributed by atoms with van der Waals surface area (Å²) < 4.78 is 0. The molecule has 0 saturated heterocycles. The average molecular weight is 207 g/mol. The van der Waals surface area contributed by atoms with Gasteiger partial charge in [0, 0.05) is 4.88 Å². The topological polar surface area (TPSA) is 26.0 Å². The summed E-state index contributed by atoms with van der Waals surface area (Å²) in [6, 6.07) is 0. The molecular weight excluding hydrogens is 190 g/mol. The maximum absolute atomic E-state index is 5.55. The first-order valence-electron chi connectivity index (χ1n) is 5.30. The molecule has 76 valence electrons. The molecule has 0 saturated carbocycles. The summed E-state index contributed by atoms with van der Waals surface area (Å²) in [4.78, 5) is 1.59. The Bertz CT molecular complexity index is 338. The van der Waals surface area contributed by atoms with Gasteiger partial charge in [0.15, 0.2) is 0 Å². The van der Waals surface area contributed by atoms with Crippen molar-refractivity contribution in [3.8, 4) is 0 Å². The molecule has 0 spiro atoms. The van der Waals surface area contributed by atoms with Gasteiger partial charge in [-0.3, -0.25) is 0 Å². The number of hydrogen-bond acceptors (Lipinski definition) is 2. The molecule has 0 amide bonds. The Morgan fingerprint density at radius 3 is 3.00 bits per heavy atom. The van der Waals surface area contributed by atoms with Gasteiger partial charge in [-0.05, 0) is 60.7 Å². The number of thiophene rings is 1. The van der Waals surface area contributed by atoms with E-state index in [-0.39, 0.29) is 0 Å². The van der Waals surface area contributed by atoms with Crippen molar-refractivity contribution in [2.75, 3.05) is 6.54 Å². The van der Waals surface area contributed by atoms with Crippen LogP contribution in [-0.2, 0) is 12.8 Å². The lowest BCUT2D eigenvalue weighted by Gasteiger charge is -2.13. The fourth-order valence-electron chi connectivity index (χ4n) is 2.10. The summed E-state index contributed by atoms with van der Waals surface area (Å²) in [7, 11) is 0. The molecular formula is C12H17NS. The summed E-state index contributed by atoms with van der Waals surface area (Å²) in [5.41, 5.74) is 9.75. The Balaban J connectivity index is 2.25. The van der Waals surface area contributed by atoms with E-state index in [1.54, 1.807) is 10.4 Å². The zero-order valence-electron chi connectivity index (χ0n) is 8.51. The van der Waals surface area contributed by atoms with Crippen LogP contribution in [0.3, 0.4) is 0 Å². The van der Waals surface area contributed by atoms with E-state index in [0.717, 1.165) is 6.42 Å². The highest BCUT2D eigenvalue weighted by Crippen LogP contribution is 2.34. The van der Waals surface area contributed by atoms with Crippen LogP contribution in [0.25, 0.3) is 5.57 Å². The van der Waals surface area contributed by atoms with E-state index in [2.05, 4.69) is 12.0 Å². The van der Waals surface area contributed by atoms with Gasteiger partial charge < -0.3 is 5.73 Å². The number of hydrogen-bond donors (Lipinski definition) is 1. The average Bonchev–Trinajstić information content (AvgIpc) is 2.61. The van der Waals surface area contributed by atoms with Gasteiger partial charge >= 0.3 is 0 Å². The molecule has 1 heterocycles. The van der Waals surface area contributed by atoms with Crippen LogP contribution in [0.5, 0.6) is 0 Å². The summed E-state index contributed by atoms with van der Waals surface area (Å²) in [6.07, 6.45) is 6.15. The van der Waals surface area contributed by atoms with Crippen molar-refractivity contribution < 1.29 is 0 Å². The first-order chi connectivity index (χ1) is 6.83. The van der Waals surface area contributed by atoms with Crippen LogP contribution in [0.2, 0.25) is 0 Å². The van der Waals surface area contributed by atoms with Crippen molar-refractivity contribution in [2.24, 2.45) is 5.73 Å². The Kier molecular flexibility index (Phi) is 3.04. The molecule has 14 heavy (non-hydrogen) atoms. The molecule has 0 aromatic carbocycles. The normalized spacial score (nSPS) is 15.2. The second-order valence-electron chi connectivity index (χ2n) is 3.90. The molecule has 0 aliphatic heterocycles. The van der Waals surface area contributed by atoms with Crippen LogP contribution >= 0.6 is 11.3 Å². The van der Waals surface area contributed by atoms with E-state index in [1.165, 1.54) is 36.8 Å². The van der Waals surface area contributed by atoms with Crippen molar-refractivity contribution in [2.45, 2.75) is 32.1 Å². The molecule has 1 nitrogen and oxygen atoms in total. The minimum absolute atomic E-state index is 0.712. The minimum atomic E-state index is 0.712. The number of rotatable bonds is 3. The van der Waals surface area contributed by atoms with E-state index in [9.17, 15) is 0 Å². The molecule has 1 aliphatic carbocycles. The molecule has 0 bridgehead atoms. The van der Waals surface area contributed by atoms with Crippen LogP contribution in [-0.4, -0.2) is 6.54 Å². The third-order valence-electron chi connectivity index (χ3n) is 2.89. The van der Waals surface area contributed by atoms with E-state index < -0.39 is 0 Å². The minimum Gasteiger partial charge on any atom is -0.330 e. The van der Waals surface area contributed by atoms with Crippen LogP contribution in [0.1, 0.15) is 35.3 Å². The second kappa shape index (κ2) is 4.28. The van der Waals surface area contributed by atoms with Crippen LogP contribution in [0, 0.1) is 0 Å². The fourth-order valence-corrected chi connectivity index (χ4v) is 3.28.